The predicted molar refractivity (Wildman–Crippen MR) is 141 cm³/mol. The molecule has 0 unspecified atom stereocenters. The number of ether oxygens (including phenoxy) is 2. The maximum atomic E-state index is 12.9. The summed E-state index contributed by atoms with van der Waals surface area (Å²) in [6.07, 6.45) is 6.03. The molecule has 0 spiro atoms. The van der Waals surface area contributed by atoms with Gasteiger partial charge in [-0.05, 0) is 60.9 Å². The first-order chi connectivity index (χ1) is 17.1. The molecule has 0 aliphatic carbocycles. The zero-order valence-electron chi connectivity index (χ0n) is 19.5. The second-order valence-corrected chi connectivity index (χ2v) is 10.7. The lowest BCUT2D eigenvalue weighted by Crippen LogP contribution is -2.39. The van der Waals surface area contributed by atoms with E-state index in [1.165, 1.54) is 17.3 Å². The molecular formula is C27H28N2O4S2. The van der Waals surface area contributed by atoms with Crippen LogP contribution in [0.1, 0.15) is 36.8 Å². The number of hydrogen-bond donors (Lipinski definition) is 0. The number of piperidine rings is 1. The Kier molecular flexibility index (Phi) is 7.39. The third-order valence-corrected chi connectivity index (χ3v) is 8.05. The van der Waals surface area contributed by atoms with Crippen LogP contribution in [0.15, 0.2) is 53.4 Å². The average Bonchev–Trinajstić information content (AvgIpc) is 3.44. The maximum Gasteiger partial charge on any atom is 0.266 e. The molecular weight excluding hydrogens is 480 g/mol. The molecule has 0 atom stereocenters. The molecule has 8 heteroatoms. The van der Waals surface area contributed by atoms with E-state index in [9.17, 15) is 9.59 Å². The summed E-state index contributed by atoms with van der Waals surface area (Å²) in [7, 11) is 0. The van der Waals surface area contributed by atoms with E-state index in [0.717, 1.165) is 37.9 Å². The Bertz CT molecular complexity index is 1140. The van der Waals surface area contributed by atoms with Crippen LogP contribution in [0.25, 0.3) is 6.08 Å². The number of fused-ring (bicyclic) bond motifs is 1. The van der Waals surface area contributed by atoms with Crippen molar-refractivity contribution in [3.8, 4) is 11.5 Å². The van der Waals surface area contributed by atoms with Crippen LogP contribution in [0.4, 0.5) is 0 Å². The first-order valence-corrected chi connectivity index (χ1v) is 13.3. The first-order valence-electron chi connectivity index (χ1n) is 12.0. The van der Waals surface area contributed by atoms with E-state index in [-0.39, 0.29) is 18.6 Å². The number of thioether (sulfide) groups is 1. The van der Waals surface area contributed by atoms with Gasteiger partial charge in [0.15, 0.2) is 11.5 Å². The Morgan fingerprint density at radius 2 is 1.86 bits per heavy atom. The SMILES string of the molecule is O=C(CCCN1C(=O)/C(=C/c2ccc3c(c2)OCO3)SC1=S)N1CCC(Cc2ccccc2)CC1. The molecule has 2 aromatic rings. The van der Waals surface area contributed by atoms with Gasteiger partial charge in [-0.2, -0.15) is 0 Å². The van der Waals surface area contributed by atoms with E-state index in [2.05, 4.69) is 24.3 Å². The number of amides is 2. The lowest BCUT2D eigenvalue weighted by atomic mass is 9.90. The van der Waals surface area contributed by atoms with Crippen LogP contribution in [0.2, 0.25) is 0 Å². The zero-order chi connectivity index (χ0) is 24.2. The van der Waals surface area contributed by atoms with Crippen molar-refractivity contribution >= 4 is 46.2 Å². The summed E-state index contributed by atoms with van der Waals surface area (Å²) < 4.78 is 11.3. The zero-order valence-corrected chi connectivity index (χ0v) is 21.1. The van der Waals surface area contributed by atoms with Crippen molar-refractivity contribution in [1.29, 1.82) is 0 Å². The molecule has 2 fully saturated rings. The summed E-state index contributed by atoms with van der Waals surface area (Å²) >= 11 is 6.75. The molecule has 2 amide bonds. The first kappa shape index (κ1) is 23.9. The number of likely N-dealkylation sites (tertiary alicyclic amines) is 1. The maximum absolute atomic E-state index is 12.9. The van der Waals surface area contributed by atoms with Gasteiger partial charge < -0.3 is 14.4 Å². The fourth-order valence-corrected chi connectivity index (χ4v) is 6.04. The highest BCUT2D eigenvalue weighted by Gasteiger charge is 2.32. The number of thiocarbonyl (C=S) groups is 1. The van der Waals surface area contributed by atoms with Gasteiger partial charge in [0.2, 0.25) is 12.7 Å². The number of rotatable bonds is 7. The Hall–Kier alpha value is -2.84. The molecule has 182 valence electrons. The van der Waals surface area contributed by atoms with Gasteiger partial charge in [0.1, 0.15) is 4.32 Å². The highest BCUT2D eigenvalue weighted by atomic mass is 32.2. The predicted octanol–water partition coefficient (Wildman–Crippen LogP) is 4.88. The number of nitrogens with zero attached hydrogens (tertiary/aromatic N) is 2. The molecule has 5 rings (SSSR count). The smallest absolute Gasteiger partial charge is 0.266 e. The van der Waals surface area contributed by atoms with Gasteiger partial charge in [-0.15, -0.1) is 0 Å². The van der Waals surface area contributed by atoms with Gasteiger partial charge in [-0.25, -0.2) is 0 Å². The molecule has 0 radical (unpaired) electrons. The van der Waals surface area contributed by atoms with Crippen LogP contribution in [-0.4, -0.2) is 52.4 Å². The van der Waals surface area contributed by atoms with Crippen LogP contribution in [0.3, 0.4) is 0 Å². The molecule has 2 aromatic carbocycles. The largest absolute Gasteiger partial charge is 0.454 e. The van der Waals surface area contributed by atoms with Gasteiger partial charge >= 0.3 is 0 Å². The second-order valence-electron chi connectivity index (χ2n) is 9.06. The van der Waals surface area contributed by atoms with Gasteiger partial charge in [-0.3, -0.25) is 14.5 Å². The minimum absolute atomic E-state index is 0.105. The van der Waals surface area contributed by atoms with Crippen molar-refractivity contribution < 1.29 is 19.1 Å². The molecule has 0 bridgehead atoms. The summed E-state index contributed by atoms with van der Waals surface area (Å²) in [5.74, 6) is 2.08. The normalized spacial score (nSPS) is 19.1. The number of benzene rings is 2. The number of carbonyl (C=O) groups is 2. The van der Waals surface area contributed by atoms with Crippen LogP contribution >= 0.6 is 24.0 Å². The third-order valence-electron chi connectivity index (χ3n) is 6.67. The monoisotopic (exact) mass is 508 g/mol. The molecule has 3 heterocycles. The second kappa shape index (κ2) is 10.8. The van der Waals surface area contributed by atoms with E-state index in [4.69, 9.17) is 21.7 Å². The highest BCUT2D eigenvalue weighted by Crippen LogP contribution is 2.36. The Morgan fingerprint density at radius 1 is 1.09 bits per heavy atom. The van der Waals surface area contributed by atoms with Crippen molar-refractivity contribution in [2.24, 2.45) is 5.92 Å². The number of carbonyl (C=O) groups excluding carboxylic acids is 2. The molecule has 3 aliphatic heterocycles. The Labute approximate surface area is 215 Å². The quantitative estimate of drug-likeness (QED) is 0.393. The summed E-state index contributed by atoms with van der Waals surface area (Å²) in [5, 5.41) is 0. The Balaban J connectivity index is 1.08. The summed E-state index contributed by atoms with van der Waals surface area (Å²) in [5.41, 5.74) is 2.23. The van der Waals surface area contributed by atoms with Crippen LogP contribution in [0, 0.1) is 5.92 Å². The van der Waals surface area contributed by atoms with Crippen LogP contribution < -0.4 is 9.47 Å². The van der Waals surface area contributed by atoms with E-state index >= 15 is 0 Å². The minimum Gasteiger partial charge on any atom is -0.454 e. The van der Waals surface area contributed by atoms with Gasteiger partial charge in [0, 0.05) is 26.1 Å². The standard InChI is InChI=1S/C27H28N2O4S2/c30-25(28-13-10-20(11-14-28)15-19-5-2-1-3-6-19)7-4-12-29-26(31)24(35-27(29)34)17-21-8-9-22-23(16-21)33-18-32-22/h1-3,5-6,8-9,16-17,20H,4,7,10-15,18H2/b24-17-. The molecule has 2 saturated heterocycles. The topological polar surface area (TPSA) is 59.1 Å². The van der Waals surface area contributed by atoms with E-state index in [0.29, 0.717) is 46.0 Å². The summed E-state index contributed by atoms with van der Waals surface area (Å²) in [6.45, 7) is 2.30. The lowest BCUT2D eigenvalue weighted by molar-refractivity contribution is -0.133. The fourth-order valence-electron chi connectivity index (χ4n) is 4.73. The average molecular weight is 509 g/mol. The van der Waals surface area contributed by atoms with E-state index < -0.39 is 0 Å². The minimum atomic E-state index is -0.105. The molecule has 35 heavy (non-hydrogen) atoms. The molecule has 0 N–H and O–H groups in total. The van der Waals surface area contributed by atoms with Crippen molar-refractivity contribution in [2.45, 2.75) is 32.1 Å². The third kappa shape index (κ3) is 5.70. The number of hydrogen-bond acceptors (Lipinski definition) is 6. The molecule has 0 saturated carbocycles. The fraction of sp³-hybridized carbons (Fsp3) is 0.370. The highest BCUT2D eigenvalue weighted by molar-refractivity contribution is 8.26. The molecule has 3 aliphatic rings. The van der Waals surface area contributed by atoms with Crippen LogP contribution in [-0.2, 0) is 16.0 Å². The van der Waals surface area contributed by atoms with Crippen molar-refractivity contribution in [3.63, 3.8) is 0 Å². The summed E-state index contributed by atoms with van der Waals surface area (Å²) in [4.78, 5) is 29.8. The van der Waals surface area contributed by atoms with Gasteiger partial charge in [-0.1, -0.05) is 60.4 Å². The van der Waals surface area contributed by atoms with Gasteiger partial charge in [0.05, 0.1) is 4.91 Å². The van der Waals surface area contributed by atoms with Crippen molar-refractivity contribution in [3.05, 3.63) is 64.6 Å². The Morgan fingerprint density at radius 3 is 2.66 bits per heavy atom. The van der Waals surface area contributed by atoms with E-state index in [1.807, 2.05) is 35.2 Å². The van der Waals surface area contributed by atoms with Crippen molar-refractivity contribution in [1.82, 2.24) is 9.80 Å². The summed E-state index contributed by atoms with van der Waals surface area (Å²) in [6, 6.07) is 16.1. The van der Waals surface area contributed by atoms with Crippen molar-refractivity contribution in [2.75, 3.05) is 26.4 Å². The van der Waals surface area contributed by atoms with Gasteiger partial charge in [0.25, 0.3) is 5.91 Å². The molecule has 6 nitrogen and oxygen atoms in total. The molecule has 0 aromatic heterocycles. The van der Waals surface area contributed by atoms with Crippen LogP contribution in [0.5, 0.6) is 11.5 Å². The van der Waals surface area contributed by atoms with E-state index in [1.54, 1.807) is 4.90 Å². The lowest BCUT2D eigenvalue weighted by Gasteiger charge is -2.32.